The van der Waals surface area contributed by atoms with Crippen LogP contribution in [0.1, 0.15) is 29.0 Å². The Balaban J connectivity index is 1.38. The maximum Gasteiger partial charge on any atom is 0.407 e. The van der Waals surface area contributed by atoms with Crippen LogP contribution in [0.4, 0.5) is 4.79 Å². The SMILES string of the molecule is O=C(NC(CCc1ccccc1)C(O)O)OCC1c2ccccc2-c2ccccc21. The second kappa shape index (κ2) is 9.11. The van der Waals surface area contributed by atoms with Gasteiger partial charge in [-0.15, -0.1) is 0 Å². The number of fused-ring (bicyclic) bond motifs is 3. The molecule has 4 rings (SSSR count). The number of aryl methyl sites for hydroxylation is 1. The van der Waals surface area contributed by atoms with Gasteiger partial charge in [0, 0.05) is 5.92 Å². The lowest BCUT2D eigenvalue weighted by Crippen LogP contribution is -2.44. The second-order valence-corrected chi connectivity index (χ2v) is 7.51. The zero-order chi connectivity index (χ0) is 20.9. The molecule has 30 heavy (non-hydrogen) atoms. The molecule has 0 saturated heterocycles. The summed E-state index contributed by atoms with van der Waals surface area (Å²) in [6.45, 7) is 0.187. The normalized spacial score (nSPS) is 13.6. The summed E-state index contributed by atoms with van der Waals surface area (Å²) in [6, 6.07) is 25.2. The van der Waals surface area contributed by atoms with Gasteiger partial charge in [0.15, 0.2) is 6.29 Å². The van der Waals surface area contributed by atoms with E-state index >= 15 is 0 Å². The number of carbonyl (C=O) groups is 1. The first-order chi connectivity index (χ1) is 14.6. The fraction of sp³-hybridized carbons (Fsp3) is 0.240. The van der Waals surface area contributed by atoms with Crippen LogP contribution in [0, 0.1) is 0 Å². The van der Waals surface area contributed by atoms with Gasteiger partial charge in [-0.2, -0.15) is 0 Å². The molecule has 5 heteroatoms. The maximum atomic E-state index is 12.4. The molecule has 5 nitrogen and oxygen atoms in total. The van der Waals surface area contributed by atoms with Crippen molar-refractivity contribution in [1.82, 2.24) is 5.32 Å². The second-order valence-electron chi connectivity index (χ2n) is 7.51. The van der Waals surface area contributed by atoms with E-state index in [2.05, 4.69) is 29.6 Å². The van der Waals surface area contributed by atoms with Crippen LogP contribution >= 0.6 is 0 Å². The summed E-state index contributed by atoms with van der Waals surface area (Å²) < 4.78 is 5.50. The van der Waals surface area contributed by atoms with Crippen LogP contribution in [0.15, 0.2) is 78.9 Å². The Hall–Kier alpha value is -3.15. The molecule has 0 radical (unpaired) electrons. The molecule has 1 aliphatic carbocycles. The van der Waals surface area contributed by atoms with Crippen LogP contribution in [-0.2, 0) is 11.2 Å². The van der Waals surface area contributed by atoms with Crippen LogP contribution in [0.25, 0.3) is 11.1 Å². The van der Waals surface area contributed by atoms with Gasteiger partial charge >= 0.3 is 6.09 Å². The predicted molar refractivity (Wildman–Crippen MR) is 115 cm³/mol. The van der Waals surface area contributed by atoms with E-state index in [4.69, 9.17) is 4.74 Å². The molecule has 0 fully saturated rings. The Kier molecular flexibility index (Phi) is 6.12. The minimum atomic E-state index is -1.66. The van der Waals surface area contributed by atoms with Gasteiger partial charge in [0.1, 0.15) is 6.61 Å². The fourth-order valence-corrected chi connectivity index (χ4v) is 4.05. The van der Waals surface area contributed by atoms with Gasteiger partial charge in [0.05, 0.1) is 6.04 Å². The quantitative estimate of drug-likeness (QED) is 0.524. The highest BCUT2D eigenvalue weighted by atomic mass is 16.5. The van der Waals surface area contributed by atoms with Crippen molar-refractivity contribution in [1.29, 1.82) is 0 Å². The van der Waals surface area contributed by atoms with Crippen molar-refractivity contribution < 1.29 is 19.7 Å². The Morgan fingerprint density at radius 2 is 1.43 bits per heavy atom. The molecule has 1 amide bonds. The molecule has 1 atom stereocenters. The van der Waals surface area contributed by atoms with Crippen molar-refractivity contribution in [2.24, 2.45) is 0 Å². The van der Waals surface area contributed by atoms with Crippen molar-refractivity contribution in [3.8, 4) is 11.1 Å². The molecule has 0 spiro atoms. The smallest absolute Gasteiger partial charge is 0.407 e. The molecule has 0 aromatic heterocycles. The van der Waals surface area contributed by atoms with Crippen LogP contribution in [0.3, 0.4) is 0 Å². The fourth-order valence-electron chi connectivity index (χ4n) is 4.05. The van der Waals surface area contributed by atoms with Crippen molar-refractivity contribution in [3.63, 3.8) is 0 Å². The summed E-state index contributed by atoms with van der Waals surface area (Å²) in [6.07, 6.45) is -1.30. The van der Waals surface area contributed by atoms with Gasteiger partial charge in [0.25, 0.3) is 0 Å². The molecule has 1 unspecified atom stereocenters. The summed E-state index contributed by atoms with van der Waals surface area (Å²) in [7, 11) is 0. The number of rotatable bonds is 7. The predicted octanol–water partition coefficient (Wildman–Crippen LogP) is 3.84. The summed E-state index contributed by atoms with van der Waals surface area (Å²) in [5, 5.41) is 21.9. The number of alkyl carbamates (subject to hydrolysis) is 1. The highest BCUT2D eigenvalue weighted by molar-refractivity contribution is 5.79. The van der Waals surface area contributed by atoms with Crippen LogP contribution in [0.5, 0.6) is 0 Å². The van der Waals surface area contributed by atoms with Crippen molar-refractivity contribution >= 4 is 6.09 Å². The molecule has 0 heterocycles. The summed E-state index contributed by atoms with van der Waals surface area (Å²) in [5.41, 5.74) is 5.66. The van der Waals surface area contributed by atoms with Crippen molar-refractivity contribution in [2.75, 3.05) is 6.61 Å². The van der Waals surface area contributed by atoms with Crippen molar-refractivity contribution in [3.05, 3.63) is 95.6 Å². The van der Waals surface area contributed by atoms with Crippen LogP contribution < -0.4 is 5.32 Å². The molecule has 1 aliphatic rings. The Labute approximate surface area is 176 Å². The first-order valence-corrected chi connectivity index (χ1v) is 10.1. The topological polar surface area (TPSA) is 78.8 Å². The number of hydrogen-bond acceptors (Lipinski definition) is 4. The Morgan fingerprint density at radius 3 is 2.03 bits per heavy atom. The molecule has 3 aromatic rings. The molecular weight excluding hydrogens is 378 g/mol. The van der Waals surface area contributed by atoms with Gasteiger partial charge in [0.2, 0.25) is 0 Å². The lowest BCUT2D eigenvalue weighted by Gasteiger charge is -2.21. The molecule has 3 N–H and O–H groups in total. The maximum absolute atomic E-state index is 12.4. The van der Waals surface area contributed by atoms with E-state index < -0.39 is 18.4 Å². The first kappa shape index (κ1) is 20.1. The molecular formula is C25H25NO4. The zero-order valence-electron chi connectivity index (χ0n) is 16.6. The highest BCUT2D eigenvalue weighted by Gasteiger charge is 2.29. The van der Waals surface area contributed by atoms with E-state index in [0.29, 0.717) is 12.8 Å². The number of benzene rings is 3. The molecule has 154 valence electrons. The third kappa shape index (κ3) is 4.37. The van der Waals surface area contributed by atoms with Gasteiger partial charge in [-0.05, 0) is 40.7 Å². The standard InChI is InChI=1S/C25H25NO4/c27-24(28)23(15-14-17-8-2-1-3-9-17)26-25(29)30-16-22-20-12-6-4-10-18(20)19-11-5-7-13-21(19)22/h1-13,22-24,27-28H,14-16H2,(H,26,29). The van der Waals surface area contributed by atoms with Crippen LogP contribution in [0.2, 0.25) is 0 Å². The molecule has 0 aliphatic heterocycles. The van der Waals surface area contributed by atoms with Gasteiger partial charge in [-0.1, -0.05) is 78.9 Å². The number of ether oxygens (including phenoxy) is 1. The summed E-state index contributed by atoms with van der Waals surface area (Å²) in [4.78, 5) is 12.4. The Bertz CT molecular complexity index is 957. The van der Waals surface area contributed by atoms with E-state index in [1.807, 2.05) is 54.6 Å². The number of aliphatic hydroxyl groups excluding tert-OH is 1. The first-order valence-electron chi connectivity index (χ1n) is 10.1. The number of nitrogens with one attached hydrogen (secondary N) is 1. The minimum Gasteiger partial charge on any atom is -0.449 e. The highest BCUT2D eigenvalue weighted by Crippen LogP contribution is 2.44. The average molecular weight is 403 g/mol. The van der Waals surface area contributed by atoms with E-state index in [-0.39, 0.29) is 12.5 Å². The average Bonchev–Trinajstić information content (AvgIpc) is 3.09. The number of carbonyl (C=O) groups excluding carboxylic acids is 1. The Morgan fingerprint density at radius 1 is 0.867 bits per heavy atom. The van der Waals surface area contributed by atoms with Gasteiger partial charge < -0.3 is 20.3 Å². The van der Waals surface area contributed by atoms with Crippen molar-refractivity contribution in [2.45, 2.75) is 31.1 Å². The third-order valence-electron chi connectivity index (χ3n) is 5.59. The largest absolute Gasteiger partial charge is 0.449 e. The van der Waals surface area contributed by atoms with E-state index in [1.54, 1.807) is 0 Å². The lowest BCUT2D eigenvalue weighted by molar-refractivity contribution is -0.0677. The summed E-state index contributed by atoms with van der Waals surface area (Å²) >= 11 is 0. The van der Waals surface area contributed by atoms with Gasteiger partial charge in [-0.3, -0.25) is 0 Å². The summed E-state index contributed by atoms with van der Waals surface area (Å²) in [5.74, 6) is -0.0371. The number of aliphatic hydroxyl groups is 2. The third-order valence-corrected chi connectivity index (χ3v) is 5.59. The zero-order valence-corrected chi connectivity index (χ0v) is 16.6. The monoisotopic (exact) mass is 403 g/mol. The van der Waals surface area contributed by atoms with Crippen LogP contribution in [-0.4, -0.2) is 35.2 Å². The van der Waals surface area contributed by atoms with E-state index in [9.17, 15) is 15.0 Å². The van der Waals surface area contributed by atoms with E-state index in [0.717, 1.165) is 27.8 Å². The van der Waals surface area contributed by atoms with E-state index in [1.165, 1.54) is 0 Å². The molecule has 0 saturated carbocycles. The minimum absolute atomic E-state index is 0.0371. The lowest BCUT2D eigenvalue weighted by atomic mass is 9.98. The number of amides is 1. The molecule has 3 aromatic carbocycles. The van der Waals surface area contributed by atoms with Gasteiger partial charge in [-0.25, -0.2) is 4.79 Å². The molecule has 0 bridgehead atoms. The number of hydrogen-bond donors (Lipinski definition) is 3.